The van der Waals surface area contributed by atoms with Crippen LogP contribution in [-0.2, 0) is 17.8 Å². The molecule has 1 aromatic carbocycles. The Morgan fingerprint density at radius 2 is 1.95 bits per heavy atom. The first kappa shape index (κ1) is 14.5. The van der Waals surface area contributed by atoms with Crippen LogP contribution in [0.25, 0.3) is 0 Å². The normalized spacial score (nSPS) is 16.0. The summed E-state index contributed by atoms with van der Waals surface area (Å²) in [5, 5.41) is 5.53. The Hall–Kier alpha value is -1.43. The van der Waals surface area contributed by atoms with Crippen molar-refractivity contribution in [3.8, 4) is 0 Å². The van der Waals surface area contributed by atoms with Gasteiger partial charge in [0.15, 0.2) is 0 Å². The Kier molecular flexibility index (Phi) is 4.85. The highest BCUT2D eigenvalue weighted by Gasteiger charge is 2.11. The maximum absolute atomic E-state index is 12.8. The molecule has 0 saturated carbocycles. The molecule has 2 heterocycles. The number of hydrogen-bond acceptors (Lipinski definition) is 4. The van der Waals surface area contributed by atoms with Crippen molar-refractivity contribution in [1.29, 1.82) is 0 Å². The third-order valence-electron chi connectivity index (χ3n) is 3.53. The summed E-state index contributed by atoms with van der Waals surface area (Å²) in [6, 6.07) is 8.72. The van der Waals surface area contributed by atoms with Crippen molar-refractivity contribution >= 4 is 17.0 Å². The number of ether oxygens (including phenoxy) is 1. The zero-order valence-corrected chi connectivity index (χ0v) is 12.7. The van der Waals surface area contributed by atoms with Crippen molar-refractivity contribution in [1.82, 2.24) is 4.90 Å². The molecule has 21 heavy (non-hydrogen) atoms. The van der Waals surface area contributed by atoms with E-state index in [0.717, 1.165) is 45.1 Å². The van der Waals surface area contributed by atoms with E-state index in [2.05, 4.69) is 21.7 Å². The summed E-state index contributed by atoms with van der Waals surface area (Å²) < 4.78 is 18.2. The standard InChI is InChI=1S/C16H19FN2OS/c17-14-1-3-15(4-2-14)18-10-16-9-13(12-21-16)11-19-5-7-20-8-6-19/h1-4,9,12,18H,5-8,10-11H2. The largest absolute Gasteiger partial charge is 0.380 e. The van der Waals surface area contributed by atoms with Crippen LogP contribution in [0.1, 0.15) is 10.4 Å². The number of nitrogens with one attached hydrogen (secondary N) is 1. The van der Waals surface area contributed by atoms with E-state index in [4.69, 9.17) is 4.74 Å². The van der Waals surface area contributed by atoms with Crippen molar-refractivity contribution in [2.45, 2.75) is 13.1 Å². The van der Waals surface area contributed by atoms with E-state index in [1.54, 1.807) is 23.5 Å². The molecule has 0 radical (unpaired) electrons. The molecule has 112 valence electrons. The monoisotopic (exact) mass is 306 g/mol. The molecule has 0 bridgehead atoms. The molecule has 0 spiro atoms. The number of anilines is 1. The first-order valence-corrected chi connectivity index (χ1v) is 8.03. The summed E-state index contributed by atoms with van der Waals surface area (Å²) in [6.07, 6.45) is 0. The Balaban J connectivity index is 1.51. The fraction of sp³-hybridized carbons (Fsp3) is 0.375. The van der Waals surface area contributed by atoms with Crippen molar-refractivity contribution in [3.63, 3.8) is 0 Å². The minimum Gasteiger partial charge on any atom is -0.380 e. The van der Waals surface area contributed by atoms with Gasteiger partial charge < -0.3 is 10.1 Å². The lowest BCUT2D eigenvalue weighted by molar-refractivity contribution is 0.0342. The van der Waals surface area contributed by atoms with Crippen LogP contribution >= 0.6 is 11.3 Å². The molecule has 0 unspecified atom stereocenters. The Morgan fingerprint density at radius 1 is 1.19 bits per heavy atom. The molecule has 1 N–H and O–H groups in total. The third kappa shape index (κ3) is 4.27. The molecule has 0 atom stereocenters. The van der Waals surface area contributed by atoms with Crippen LogP contribution < -0.4 is 5.32 Å². The van der Waals surface area contributed by atoms with Crippen LogP contribution in [0.15, 0.2) is 35.7 Å². The fourth-order valence-electron chi connectivity index (χ4n) is 2.38. The SMILES string of the molecule is Fc1ccc(NCc2cc(CN3CCOCC3)cs2)cc1. The van der Waals surface area contributed by atoms with Gasteiger partial charge in [-0.1, -0.05) is 0 Å². The van der Waals surface area contributed by atoms with Gasteiger partial charge in [0.1, 0.15) is 5.82 Å². The fourth-order valence-corrected chi connectivity index (χ4v) is 3.20. The summed E-state index contributed by atoms with van der Waals surface area (Å²) in [5.41, 5.74) is 2.30. The number of nitrogens with zero attached hydrogens (tertiary/aromatic N) is 1. The average Bonchev–Trinajstić information content (AvgIpc) is 2.95. The van der Waals surface area contributed by atoms with E-state index in [1.165, 1.54) is 22.6 Å². The predicted molar refractivity (Wildman–Crippen MR) is 84.1 cm³/mol. The lowest BCUT2D eigenvalue weighted by Crippen LogP contribution is -2.35. The molecule has 1 aliphatic rings. The second-order valence-corrected chi connectivity index (χ2v) is 6.17. The molecule has 1 aromatic heterocycles. The summed E-state index contributed by atoms with van der Waals surface area (Å²) in [6.45, 7) is 5.47. The van der Waals surface area contributed by atoms with Crippen molar-refractivity contribution in [2.24, 2.45) is 0 Å². The van der Waals surface area contributed by atoms with Gasteiger partial charge in [-0.3, -0.25) is 4.90 Å². The minimum atomic E-state index is -0.204. The number of morpholine rings is 1. The van der Waals surface area contributed by atoms with Crippen LogP contribution in [-0.4, -0.2) is 31.2 Å². The molecule has 1 saturated heterocycles. The summed E-state index contributed by atoms with van der Waals surface area (Å²) in [4.78, 5) is 3.71. The zero-order chi connectivity index (χ0) is 14.5. The van der Waals surface area contributed by atoms with Crippen molar-refractivity contribution in [2.75, 3.05) is 31.6 Å². The number of benzene rings is 1. The second-order valence-electron chi connectivity index (χ2n) is 5.17. The van der Waals surface area contributed by atoms with Gasteiger partial charge in [0, 0.05) is 36.7 Å². The van der Waals surface area contributed by atoms with Crippen molar-refractivity contribution in [3.05, 3.63) is 52.0 Å². The van der Waals surface area contributed by atoms with E-state index >= 15 is 0 Å². The summed E-state index contributed by atoms with van der Waals surface area (Å²) >= 11 is 1.77. The molecule has 3 rings (SSSR count). The zero-order valence-electron chi connectivity index (χ0n) is 11.8. The Morgan fingerprint density at radius 3 is 2.71 bits per heavy atom. The Labute approximate surface area is 128 Å². The van der Waals surface area contributed by atoms with Gasteiger partial charge in [0.25, 0.3) is 0 Å². The van der Waals surface area contributed by atoms with Crippen molar-refractivity contribution < 1.29 is 9.13 Å². The number of halogens is 1. The van der Waals surface area contributed by atoms with E-state index < -0.39 is 0 Å². The molecule has 1 fully saturated rings. The number of rotatable bonds is 5. The second kappa shape index (κ2) is 7.02. The van der Waals surface area contributed by atoms with Gasteiger partial charge in [-0.25, -0.2) is 4.39 Å². The first-order chi connectivity index (χ1) is 10.3. The molecule has 3 nitrogen and oxygen atoms in total. The van der Waals surface area contributed by atoms with E-state index in [9.17, 15) is 4.39 Å². The smallest absolute Gasteiger partial charge is 0.123 e. The highest BCUT2D eigenvalue weighted by atomic mass is 32.1. The number of thiophene rings is 1. The maximum Gasteiger partial charge on any atom is 0.123 e. The maximum atomic E-state index is 12.8. The van der Waals surface area contributed by atoms with Crippen LogP contribution in [0.5, 0.6) is 0 Å². The lowest BCUT2D eigenvalue weighted by Gasteiger charge is -2.26. The third-order valence-corrected chi connectivity index (χ3v) is 4.51. The van der Waals surface area contributed by atoms with Crippen LogP contribution in [0.4, 0.5) is 10.1 Å². The topological polar surface area (TPSA) is 24.5 Å². The number of hydrogen-bond donors (Lipinski definition) is 1. The average molecular weight is 306 g/mol. The van der Waals surface area contributed by atoms with E-state index in [1.807, 2.05) is 0 Å². The molecule has 1 aliphatic heterocycles. The highest BCUT2D eigenvalue weighted by Crippen LogP contribution is 2.19. The summed E-state index contributed by atoms with van der Waals surface area (Å²) in [7, 11) is 0. The van der Waals surface area contributed by atoms with Gasteiger partial charge in [-0.05, 0) is 41.3 Å². The predicted octanol–water partition coefficient (Wildman–Crippen LogP) is 3.33. The highest BCUT2D eigenvalue weighted by molar-refractivity contribution is 7.10. The van der Waals surface area contributed by atoms with Gasteiger partial charge >= 0.3 is 0 Å². The van der Waals surface area contributed by atoms with E-state index in [-0.39, 0.29) is 5.82 Å². The summed E-state index contributed by atoms with van der Waals surface area (Å²) in [5.74, 6) is -0.204. The molecule has 5 heteroatoms. The molecular formula is C16H19FN2OS. The molecular weight excluding hydrogens is 287 g/mol. The van der Waals surface area contributed by atoms with Gasteiger partial charge in [-0.2, -0.15) is 0 Å². The molecule has 2 aromatic rings. The Bertz CT molecular complexity index is 564. The quantitative estimate of drug-likeness (QED) is 0.917. The van der Waals surface area contributed by atoms with E-state index in [0.29, 0.717) is 0 Å². The van der Waals surface area contributed by atoms with Gasteiger partial charge in [-0.15, -0.1) is 11.3 Å². The van der Waals surface area contributed by atoms with Gasteiger partial charge in [0.05, 0.1) is 13.2 Å². The van der Waals surface area contributed by atoms with Crippen LogP contribution in [0, 0.1) is 5.82 Å². The molecule has 0 aliphatic carbocycles. The van der Waals surface area contributed by atoms with Crippen LogP contribution in [0.2, 0.25) is 0 Å². The van der Waals surface area contributed by atoms with Crippen LogP contribution in [0.3, 0.4) is 0 Å². The lowest BCUT2D eigenvalue weighted by atomic mass is 10.2. The van der Waals surface area contributed by atoms with Gasteiger partial charge in [0.2, 0.25) is 0 Å². The minimum absolute atomic E-state index is 0.204. The molecule has 0 amide bonds. The first-order valence-electron chi connectivity index (χ1n) is 7.15.